The summed E-state index contributed by atoms with van der Waals surface area (Å²) in [6, 6.07) is 14.7. The van der Waals surface area contributed by atoms with Crippen LogP contribution in [0.1, 0.15) is 29.0 Å². The Kier molecular flexibility index (Phi) is 3.57. The molecule has 0 aromatic heterocycles. The van der Waals surface area contributed by atoms with E-state index in [1.165, 1.54) is 21.9 Å². The molecule has 2 heterocycles. The molecule has 0 saturated heterocycles. The zero-order valence-electron chi connectivity index (χ0n) is 12.4. The molecule has 0 bridgehead atoms. The van der Waals surface area contributed by atoms with Gasteiger partial charge in [-0.2, -0.15) is 5.06 Å². The molecule has 114 valence electrons. The Bertz CT molecular complexity index is 689. The standard InChI is InChI=1S/C18H19ClN2O/c19-15-10-14-12-21(22)9-8-20-7-6-16(17(11-15)18(14)20)13-4-2-1-3-5-13/h1-5,10-11,16,22H,6-9,12H2. The summed E-state index contributed by atoms with van der Waals surface area (Å²) >= 11 is 6.37. The number of hydroxylamine groups is 2. The van der Waals surface area contributed by atoms with Gasteiger partial charge < -0.3 is 10.1 Å². The Morgan fingerprint density at radius 3 is 2.68 bits per heavy atom. The second kappa shape index (κ2) is 5.58. The summed E-state index contributed by atoms with van der Waals surface area (Å²) in [4.78, 5) is 2.40. The maximum Gasteiger partial charge on any atom is 0.0510 e. The Hall–Kier alpha value is -1.55. The van der Waals surface area contributed by atoms with Crippen molar-refractivity contribution in [3.63, 3.8) is 0 Å². The summed E-state index contributed by atoms with van der Waals surface area (Å²) in [6.07, 6.45) is 1.09. The third kappa shape index (κ3) is 2.39. The molecule has 1 atom stereocenters. The van der Waals surface area contributed by atoms with Gasteiger partial charge in [-0.3, -0.25) is 0 Å². The molecule has 0 amide bonds. The molecule has 0 radical (unpaired) electrons. The van der Waals surface area contributed by atoms with E-state index in [4.69, 9.17) is 11.6 Å². The van der Waals surface area contributed by atoms with Crippen LogP contribution in [-0.2, 0) is 6.54 Å². The van der Waals surface area contributed by atoms with Crippen LogP contribution in [0.2, 0.25) is 5.02 Å². The number of anilines is 1. The van der Waals surface area contributed by atoms with Crippen molar-refractivity contribution in [2.24, 2.45) is 0 Å². The van der Waals surface area contributed by atoms with Crippen LogP contribution < -0.4 is 4.90 Å². The van der Waals surface area contributed by atoms with E-state index in [2.05, 4.69) is 41.3 Å². The summed E-state index contributed by atoms with van der Waals surface area (Å²) in [5, 5.41) is 12.1. The van der Waals surface area contributed by atoms with Gasteiger partial charge in [0.15, 0.2) is 0 Å². The van der Waals surface area contributed by atoms with Crippen molar-refractivity contribution in [3.05, 3.63) is 64.2 Å². The second-order valence-corrected chi connectivity index (χ2v) is 6.57. The van der Waals surface area contributed by atoms with Crippen LogP contribution in [0.25, 0.3) is 0 Å². The van der Waals surface area contributed by atoms with E-state index in [1.807, 2.05) is 6.07 Å². The number of hydrogen-bond donors (Lipinski definition) is 1. The highest BCUT2D eigenvalue weighted by Crippen LogP contribution is 2.43. The highest BCUT2D eigenvalue weighted by molar-refractivity contribution is 6.30. The molecular weight excluding hydrogens is 296 g/mol. The molecule has 3 nitrogen and oxygen atoms in total. The van der Waals surface area contributed by atoms with Gasteiger partial charge in [0.05, 0.1) is 6.54 Å². The quantitative estimate of drug-likeness (QED) is 0.865. The summed E-state index contributed by atoms with van der Waals surface area (Å²) in [7, 11) is 0. The summed E-state index contributed by atoms with van der Waals surface area (Å²) in [6.45, 7) is 3.09. The first kappa shape index (κ1) is 14.1. The molecule has 0 aliphatic carbocycles. The van der Waals surface area contributed by atoms with Gasteiger partial charge in [-0.15, -0.1) is 0 Å². The molecule has 2 aromatic carbocycles. The van der Waals surface area contributed by atoms with E-state index in [9.17, 15) is 5.21 Å². The predicted octanol–water partition coefficient (Wildman–Crippen LogP) is 3.89. The molecule has 4 rings (SSSR count). The first-order valence-electron chi connectivity index (χ1n) is 7.78. The van der Waals surface area contributed by atoms with Crippen LogP contribution in [0, 0.1) is 0 Å². The molecule has 2 aliphatic rings. The zero-order chi connectivity index (χ0) is 15.1. The number of halogens is 1. The number of rotatable bonds is 1. The third-order valence-electron chi connectivity index (χ3n) is 4.75. The Labute approximate surface area is 135 Å². The van der Waals surface area contributed by atoms with E-state index >= 15 is 0 Å². The van der Waals surface area contributed by atoms with Crippen LogP contribution >= 0.6 is 11.6 Å². The fourth-order valence-corrected chi connectivity index (χ4v) is 4.02. The number of nitrogens with zero attached hydrogens (tertiary/aromatic N) is 2. The summed E-state index contributed by atoms with van der Waals surface area (Å²) in [5.74, 6) is 0.384. The van der Waals surface area contributed by atoms with E-state index < -0.39 is 0 Å². The number of hydrogen-bond acceptors (Lipinski definition) is 3. The van der Waals surface area contributed by atoms with E-state index in [0.717, 1.165) is 30.1 Å². The lowest BCUT2D eigenvalue weighted by atomic mass is 9.83. The van der Waals surface area contributed by atoms with E-state index in [0.29, 0.717) is 19.0 Å². The molecule has 4 heteroatoms. The predicted molar refractivity (Wildman–Crippen MR) is 88.8 cm³/mol. The Morgan fingerprint density at radius 1 is 1.05 bits per heavy atom. The van der Waals surface area contributed by atoms with Crippen molar-refractivity contribution in [1.29, 1.82) is 0 Å². The van der Waals surface area contributed by atoms with E-state index in [-0.39, 0.29) is 0 Å². The lowest BCUT2D eigenvalue weighted by molar-refractivity contribution is -0.0948. The van der Waals surface area contributed by atoms with Gasteiger partial charge in [-0.05, 0) is 35.2 Å². The minimum absolute atomic E-state index is 0.384. The van der Waals surface area contributed by atoms with Gasteiger partial charge in [0.1, 0.15) is 0 Å². The molecule has 0 saturated carbocycles. The second-order valence-electron chi connectivity index (χ2n) is 6.13. The van der Waals surface area contributed by atoms with Gasteiger partial charge in [0.25, 0.3) is 0 Å². The minimum Gasteiger partial charge on any atom is -0.370 e. The third-order valence-corrected chi connectivity index (χ3v) is 4.96. The van der Waals surface area contributed by atoms with Crippen molar-refractivity contribution in [1.82, 2.24) is 5.06 Å². The topological polar surface area (TPSA) is 26.7 Å². The maximum absolute atomic E-state index is 10.00. The Balaban J connectivity index is 1.87. The van der Waals surface area contributed by atoms with Crippen molar-refractivity contribution in [2.75, 3.05) is 24.5 Å². The minimum atomic E-state index is 0.384. The molecule has 0 fully saturated rings. The van der Waals surface area contributed by atoms with Crippen molar-refractivity contribution < 1.29 is 5.21 Å². The zero-order valence-corrected chi connectivity index (χ0v) is 13.1. The summed E-state index contributed by atoms with van der Waals surface area (Å²) in [5.41, 5.74) is 5.05. The lowest BCUT2D eigenvalue weighted by Crippen LogP contribution is -2.35. The highest BCUT2D eigenvalue weighted by atomic mass is 35.5. The molecule has 22 heavy (non-hydrogen) atoms. The number of benzene rings is 2. The fourth-order valence-electron chi connectivity index (χ4n) is 3.77. The molecular formula is C18H19ClN2O. The monoisotopic (exact) mass is 314 g/mol. The Morgan fingerprint density at radius 2 is 1.86 bits per heavy atom. The van der Waals surface area contributed by atoms with Gasteiger partial charge in [0, 0.05) is 36.3 Å². The van der Waals surface area contributed by atoms with Gasteiger partial charge >= 0.3 is 0 Å². The van der Waals surface area contributed by atoms with Crippen LogP contribution in [0.15, 0.2) is 42.5 Å². The van der Waals surface area contributed by atoms with Crippen LogP contribution in [0.4, 0.5) is 5.69 Å². The molecule has 1 N–H and O–H groups in total. The van der Waals surface area contributed by atoms with Crippen molar-refractivity contribution in [2.45, 2.75) is 18.9 Å². The first-order chi connectivity index (χ1) is 10.7. The van der Waals surface area contributed by atoms with Crippen LogP contribution in [0.5, 0.6) is 0 Å². The first-order valence-corrected chi connectivity index (χ1v) is 8.16. The normalized spacial score (nSPS) is 21.4. The largest absolute Gasteiger partial charge is 0.370 e. The van der Waals surface area contributed by atoms with Crippen LogP contribution in [-0.4, -0.2) is 29.9 Å². The average Bonchev–Trinajstić information content (AvgIpc) is 2.68. The van der Waals surface area contributed by atoms with Gasteiger partial charge in [0.2, 0.25) is 0 Å². The molecule has 2 aromatic rings. The summed E-state index contributed by atoms with van der Waals surface area (Å²) < 4.78 is 0. The van der Waals surface area contributed by atoms with Gasteiger partial charge in [-0.1, -0.05) is 41.9 Å². The molecule has 0 spiro atoms. The van der Waals surface area contributed by atoms with Crippen LogP contribution in [0.3, 0.4) is 0 Å². The fraction of sp³-hybridized carbons (Fsp3) is 0.333. The SMILES string of the molecule is ON1CCN2CCC(c3ccccc3)c3cc(Cl)cc(c32)C1. The lowest BCUT2D eigenvalue weighted by Gasteiger charge is -2.36. The highest BCUT2D eigenvalue weighted by Gasteiger charge is 2.31. The van der Waals surface area contributed by atoms with Crippen molar-refractivity contribution in [3.8, 4) is 0 Å². The van der Waals surface area contributed by atoms with Gasteiger partial charge in [-0.25, -0.2) is 0 Å². The average molecular weight is 315 g/mol. The molecule has 1 unspecified atom stereocenters. The molecule has 2 aliphatic heterocycles. The van der Waals surface area contributed by atoms with E-state index in [1.54, 1.807) is 0 Å². The van der Waals surface area contributed by atoms with Crippen molar-refractivity contribution >= 4 is 17.3 Å². The smallest absolute Gasteiger partial charge is 0.0510 e. The maximum atomic E-state index is 10.00.